The van der Waals surface area contributed by atoms with Crippen molar-refractivity contribution in [2.24, 2.45) is 0 Å². The van der Waals surface area contributed by atoms with E-state index >= 15 is 0 Å². The van der Waals surface area contributed by atoms with Crippen LogP contribution in [0.2, 0.25) is 0 Å². The third-order valence-corrected chi connectivity index (χ3v) is 5.71. The maximum atomic E-state index is 11.6. The molecule has 27 heavy (non-hydrogen) atoms. The third-order valence-electron chi connectivity index (χ3n) is 4.75. The first kappa shape index (κ1) is 19.3. The Balaban J connectivity index is 1.75. The van der Waals surface area contributed by atoms with Crippen molar-refractivity contribution in [1.29, 1.82) is 0 Å². The third kappa shape index (κ3) is 4.46. The first-order valence-corrected chi connectivity index (χ1v) is 9.89. The molecule has 0 saturated heterocycles. The van der Waals surface area contributed by atoms with Gasteiger partial charge in [-0.3, -0.25) is 4.18 Å². The van der Waals surface area contributed by atoms with E-state index < -0.39 is 11.1 Å². The number of aryl methyl sites for hydroxylation is 1. The monoisotopic (exact) mass is 380 g/mol. The van der Waals surface area contributed by atoms with Crippen LogP contribution in [0.25, 0.3) is 0 Å². The fourth-order valence-corrected chi connectivity index (χ4v) is 3.48. The van der Waals surface area contributed by atoms with Crippen LogP contribution in [0.5, 0.6) is 11.5 Å². The Morgan fingerprint density at radius 3 is 1.67 bits per heavy atom. The minimum Gasteiger partial charge on any atom is -0.457 e. The van der Waals surface area contributed by atoms with E-state index in [2.05, 4.69) is 57.2 Å². The van der Waals surface area contributed by atoms with Crippen LogP contribution in [-0.2, 0) is 20.7 Å². The van der Waals surface area contributed by atoms with Crippen LogP contribution in [-0.4, -0.2) is 11.3 Å². The molecular formula is C23H24O3S. The van der Waals surface area contributed by atoms with Gasteiger partial charge in [-0.1, -0.05) is 55.8 Å². The lowest BCUT2D eigenvalue weighted by molar-refractivity contribution is 0.445. The molecule has 0 amide bonds. The Bertz CT molecular complexity index is 911. The fourth-order valence-electron chi connectivity index (χ4n) is 2.93. The SMILES string of the molecule is COS(=O)c1ccc(Oc2ccc(C(C)(C)c3ccc(C)cc3)cc2)cc1. The lowest BCUT2D eigenvalue weighted by Gasteiger charge is -2.26. The van der Waals surface area contributed by atoms with E-state index in [1.54, 1.807) is 24.3 Å². The molecule has 1 unspecified atom stereocenters. The van der Waals surface area contributed by atoms with Gasteiger partial charge in [-0.15, -0.1) is 0 Å². The average molecular weight is 381 g/mol. The van der Waals surface area contributed by atoms with Gasteiger partial charge in [-0.05, 0) is 54.4 Å². The quantitative estimate of drug-likeness (QED) is 0.543. The van der Waals surface area contributed by atoms with E-state index in [1.165, 1.54) is 23.8 Å². The van der Waals surface area contributed by atoms with E-state index in [9.17, 15) is 4.21 Å². The molecular weight excluding hydrogens is 356 g/mol. The highest BCUT2D eigenvalue weighted by atomic mass is 32.2. The number of benzene rings is 3. The summed E-state index contributed by atoms with van der Waals surface area (Å²) in [5.74, 6) is 1.46. The van der Waals surface area contributed by atoms with Gasteiger partial charge >= 0.3 is 0 Å². The molecule has 3 rings (SSSR count). The highest BCUT2D eigenvalue weighted by Gasteiger charge is 2.22. The van der Waals surface area contributed by atoms with E-state index in [-0.39, 0.29) is 5.41 Å². The minimum absolute atomic E-state index is 0.0852. The number of hydrogen-bond donors (Lipinski definition) is 0. The number of ether oxygens (including phenoxy) is 1. The molecule has 0 radical (unpaired) electrons. The fraction of sp³-hybridized carbons (Fsp3) is 0.217. The molecule has 0 fully saturated rings. The first-order valence-electron chi connectivity index (χ1n) is 8.82. The molecule has 1 atom stereocenters. The van der Waals surface area contributed by atoms with Crippen LogP contribution in [0, 0.1) is 6.92 Å². The molecule has 0 saturated carbocycles. The summed E-state index contributed by atoms with van der Waals surface area (Å²) in [5.41, 5.74) is 3.68. The summed E-state index contributed by atoms with van der Waals surface area (Å²) in [6.07, 6.45) is 0. The van der Waals surface area contributed by atoms with Crippen LogP contribution in [0.4, 0.5) is 0 Å². The van der Waals surface area contributed by atoms with Crippen LogP contribution in [0.1, 0.15) is 30.5 Å². The van der Waals surface area contributed by atoms with Crippen LogP contribution >= 0.6 is 0 Å². The lowest BCUT2D eigenvalue weighted by Crippen LogP contribution is -2.18. The summed E-state index contributed by atoms with van der Waals surface area (Å²) in [6.45, 7) is 6.55. The van der Waals surface area contributed by atoms with Gasteiger partial charge in [0.1, 0.15) is 11.5 Å². The molecule has 0 aromatic heterocycles. The van der Waals surface area contributed by atoms with Crippen molar-refractivity contribution in [3.8, 4) is 11.5 Å². The summed E-state index contributed by atoms with van der Waals surface area (Å²) in [6, 6.07) is 23.9. The molecule has 0 aliphatic carbocycles. The van der Waals surface area contributed by atoms with Crippen LogP contribution in [0.15, 0.2) is 77.7 Å². The molecule has 0 bridgehead atoms. The highest BCUT2D eigenvalue weighted by Crippen LogP contribution is 2.33. The van der Waals surface area contributed by atoms with Crippen molar-refractivity contribution in [3.63, 3.8) is 0 Å². The van der Waals surface area contributed by atoms with Crippen molar-refractivity contribution < 1.29 is 13.1 Å². The van der Waals surface area contributed by atoms with Gasteiger partial charge in [0, 0.05) is 5.41 Å². The molecule has 0 spiro atoms. The predicted molar refractivity (Wildman–Crippen MR) is 110 cm³/mol. The van der Waals surface area contributed by atoms with Gasteiger partial charge in [-0.2, -0.15) is 0 Å². The normalized spacial score (nSPS) is 12.6. The van der Waals surface area contributed by atoms with Gasteiger partial charge in [0.15, 0.2) is 11.1 Å². The number of rotatable bonds is 6. The molecule has 140 valence electrons. The zero-order valence-electron chi connectivity index (χ0n) is 16.1. The lowest BCUT2D eigenvalue weighted by atomic mass is 9.78. The Morgan fingerprint density at radius 2 is 1.19 bits per heavy atom. The summed E-state index contributed by atoms with van der Waals surface area (Å²) in [5, 5.41) is 0. The minimum atomic E-state index is -1.43. The van der Waals surface area contributed by atoms with Crippen molar-refractivity contribution in [2.45, 2.75) is 31.1 Å². The molecule has 3 aromatic carbocycles. The molecule has 0 heterocycles. The largest absolute Gasteiger partial charge is 0.457 e. The van der Waals surface area contributed by atoms with E-state index in [0.29, 0.717) is 10.6 Å². The Labute approximate surface area is 163 Å². The van der Waals surface area contributed by atoms with Crippen molar-refractivity contribution in [3.05, 3.63) is 89.5 Å². The molecule has 3 aromatic rings. The second kappa shape index (κ2) is 8.07. The summed E-state index contributed by atoms with van der Waals surface area (Å²) < 4.78 is 22.3. The van der Waals surface area contributed by atoms with Crippen molar-refractivity contribution in [1.82, 2.24) is 0 Å². The first-order chi connectivity index (χ1) is 12.9. The van der Waals surface area contributed by atoms with E-state index in [0.717, 1.165) is 5.75 Å². The Kier molecular flexibility index (Phi) is 5.78. The van der Waals surface area contributed by atoms with Crippen molar-refractivity contribution >= 4 is 11.1 Å². The summed E-state index contributed by atoms with van der Waals surface area (Å²) in [4.78, 5) is 0.611. The molecule has 0 N–H and O–H groups in total. The standard InChI is InChI=1S/C23H24O3S/c1-17-5-7-18(8-6-17)23(2,3)19-9-11-20(12-10-19)26-21-13-15-22(16-14-21)27(24)25-4/h5-16H,1-4H3. The van der Waals surface area contributed by atoms with Crippen LogP contribution in [0.3, 0.4) is 0 Å². The maximum absolute atomic E-state index is 11.6. The van der Waals surface area contributed by atoms with Gasteiger partial charge < -0.3 is 4.74 Å². The smallest absolute Gasteiger partial charge is 0.188 e. The summed E-state index contributed by atoms with van der Waals surface area (Å²) >= 11 is -1.43. The maximum Gasteiger partial charge on any atom is 0.188 e. The zero-order chi connectivity index (χ0) is 19.4. The molecule has 4 heteroatoms. The molecule has 3 nitrogen and oxygen atoms in total. The van der Waals surface area contributed by atoms with E-state index in [1.807, 2.05) is 12.1 Å². The second-order valence-electron chi connectivity index (χ2n) is 6.99. The Hall–Kier alpha value is -2.43. The van der Waals surface area contributed by atoms with Gasteiger partial charge in [0.2, 0.25) is 0 Å². The average Bonchev–Trinajstić information content (AvgIpc) is 2.69. The summed E-state index contributed by atoms with van der Waals surface area (Å²) in [7, 11) is 1.42. The second-order valence-corrected chi connectivity index (χ2v) is 8.26. The highest BCUT2D eigenvalue weighted by molar-refractivity contribution is 7.80. The van der Waals surface area contributed by atoms with Crippen LogP contribution < -0.4 is 4.74 Å². The molecule has 0 aliphatic rings. The van der Waals surface area contributed by atoms with E-state index in [4.69, 9.17) is 8.92 Å². The van der Waals surface area contributed by atoms with Gasteiger partial charge in [0.05, 0.1) is 12.0 Å². The Morgan fingerprint density at radius 1 is 0.741 bits per heavy atom. The predicted octanol–water partition coefficient (Wildman–Crippen LogP) is 5.78. The zero-order valence-corrected chi connectivity index (χ0v) is 16.9. The number of hydrogen-bond acceptors (Lipinski definition) is 3. The van der Waals surface area contributed by atoms with Gasteiger partial charge in [0.25, 0.3) is 0 Å². The van der Waals surface area contributed by atoms with Gasteiger partial charge in [-0.25, -0.2) is 4.21 Å². The van der Waals surface area contributed by atoms with Crippen molar-refractivity contribution in [2.75, 3.05) is 7.11 Å². The topological polar surface area (TPSA) is 35.5 Å². The molecule has 0 aliphatic heterocycles.